The van der Waals surface area contributed by atoms with Gasteiger partial charge in [0.25, 0.3) is 0 Å². The first-order valence-electron chi connectivity index (χ1n) is 5.51. The molecule has 2 rings (SSSR count). The van der Waals surface area contributed by atoms with E-state index < -0.39 is 0 Å². The number of nitrogens with two attached hydrogens (primary N) is 1. The van der Waals surface area contributed by atoms with E-state index in [1.807, 2.05) is 12.1 Å². The van der Waals surface area contributed by atoms with Gasteiger partial charge in [-0.05, 0) is 37.1 Å². The lowest BCUT2D eigenvalue weighted by Gasteiger charge is -2.24. The molecule has 0 bridgehead atoms. The van der Waals surface area contributed by atoms with Crippen molar-refractivity contribution >= 4 is 0 Å². The molecule has 1 saturated heterocycles. The Kier molecular flexibility index (Phi) is 3.34. The van der Waals surface area contributed by atoms with Gasteiger partial charge in [-0.2, -0.15) is 0 Å². The first-order chi connectivity index (χ1) is 7.31. The molecule has 0 saturated carbocycles. The summed E-state index contributed by atoms with van der Waals surface area (Å²) in [5.74, 6) is -0.165. The molecule has 0 radical (unpaired) electrons. The summed E-state index contributed by atoms with van der Waals surface area (Å²) in [6.07, 6.45) is 2.37. The minimum absolute atomic E-state index is 0.165. The average Bonchev–Trinajstić information content (AvgIpc) is 2.68. The number of hydrogen-bond acceptors (Lipinski definition) is 2. The number of likely N-dealkylation sites (tertiary alicyclic amines) is 1. The molecule has 1 atom stereocenters. The van der Waals surface area contributed by atoms with Crippen molar-refractivity contribution in [2.75, 3.05) is 19.6 Å². The lowest BCUT2D eigenvalue weighted by Crippen LogP contribution is -2.29. The molecule has 1 fully saturated rings. The van der Waals surface area contributed by atoms with Crippen molar-refractivity contribution in [3.05, 3.63) is 35.6 Å². The Morgan fingerprint density at radius 1 is 1.33 bits per heavy atom. The van der Waals surface area contributed by atoms with Crippen LogP contribution in [-0.4, -0.2) is 24.5 Å². The van der Waals surface area contributed by atoms with Crippen LogP contribution in [0.4, 0.5) is 4.39 Å². The first kappa shape index (κ1) is 10.6. The van der Waals surface area contributed by atoms with Crippen LogP contribution in [0.2, 0.25) is 0 Å². The fraction of sp³-hybridized carbons (Fsp3) is 0.500. The van der Waals surface area contributed by atoms with Crippen LogP contribution in [0.5, 0.6) is 0 Å². The van der Waals surface area contributed by atoms with Crippen LogP contribution in [0.25, 0.3) is 0 Å². The summed E-state index contributed by atoms with van der Waals surface area (Å²) in [5, 5.41) is 0. The molecule has 3 heteroatoms. The summed E-state index contributed by atoms with van der Waals surface area (Å²) >= 11 is 0. The van der Waals surface area contributed by atoms with E-state index in [0.717, 1.165) is 19.5 Å². The Balaban J connectivity index is 2.11. The van der Waals surface area contributed by atoms with Gasteiger partial charge < -0.3 is 5.73 Å². The summed E-state index contributed by atoms with van der Waals surface area (Å²) < 4.78 is 12.8. The van der Waals surface area contributed by atoms with Crippen molar-refractivity contribution in [1.29, 1.82) is 0 Å². The van der Waals surface area contributed by atoms with Crippen LogP contribution < -0.4 is 5.73 Å². The number of nitrogens with zero attached hydrogens (tertiary/aromatic N) is 1. The second-order valence-electron chi connectivity index (χ2n) is 4.03. The van der Waals surface area contributed by atoms with Crippen LogP contribution in [0.1, 0.15) is 24.4 Å². The van der Waals surface area contributed by atoms with Crippen LogP contribution in [0.15, 0.2) is 24.3 Å². The number of benzene rings is 1. The zero-order valence-electron chi connectivity index (χ0n) is 8.82. The Morgan fingerprint density at radius 3 is 2.73 bits per heavy atom. The second-order valence-corrected chi connectivity index (χ2v) is 4.03. The number of hydrogen-bond donors (Lipinski definition) is 1. The van der Waals surface area contributed by atoms with Gasteiger partial charge in [0.15, 0.2) is 0 Å². The van der Waals surface area contributed by atoms with Gasteiger partial charge in [-0.1, -0.05) is 12.1 Å². The molecular formula is C12H17FN2. The van der Waals surface area contributed by atoms with E-state index in [1.165, 1.54) is 24.1 Å². The summed E-state index contributed by atoms with van der Waals surface area (Å²) in [6.45, 7) is 2.74. The fourth-order valence-corrected chi connectivity index (χ4v) is 2.32. The lowest BCUT2D eigenvalue weighted by atomic mass is 10.0. The molecule has 0 aromatic heterocycles. The molecule has 1 aromatic rings. The third kappa shape index (κ3) is 2.36. The van der Waals surface area contributed by atoms with E-state index in [2.05, 4.69) is 4.90 Å². The Bertz CT molecular complexity index is 310. The van der Waals surface area contributed by atoms with Crippen LogP contribution in [-0.2, 0) is 0 Å². The zero-order chi connectivity index (χ0) is 10.7. The van der Waals surface area contributed by atoms with Crippen molar-refractivity contribution in [1.82, 2.24) is 4.90 Å². The molecule has 0 aliphatic carbocycles. The van der Waals surface area contributed by atoms with E-state index in [9.17, 15) is 4.39 Å². The maximum absolute atomic E-state index is 12.8. The summed E-state index contributed by atoms with van der Waals surface area (Å²) in [5.41, 5.74) is 6.78. The smallest absolute Gasteiger partial charge is 0.123 e. The van der Waals surface area contributed by atoms with E-state index in [4.69, 9.17) is 5.73 Å². The standard InChI is InChI=1S/C12H17FN2/c13-11-5-3-10(4-6-11)12-2-1-8-15(12)9-7-14/h3-6,12H,1-2,7-9,14H2. The van der Waals surface area contributed by atoms with Gasteiger partial charge in [-0.15, -0.1) is 0 Å². The highest BCUT2D eigenvalue weighted by Gasteiger charge is 2.24. The third-order valence-corrected chi connectivity index (χ3v) is 3.03. The Hall–Kier alpha value is -0.930. The molecule has 1 aromatic carbocycles. The van der Waals surface area contributed by atoms with E-state index in [0.29, 0.717) is 12.6 Å². The normalized spacial score (nSPS) is 22.1. The molecular weight excluding hydrogens is 191 g/mol. The van der Waals surface area contributed by atoms with Gasteiger partial charge in [-0.25, -0.2) is 4.39 Å². The van der Waals surface area contributed by atoms with Gasteiger partial charge in [0.05, 0.1) is 0 Å². The van der Waals surface area contributed by atoms with E-state index >= 15 is 0 Å². The van der Waals surface area contributed by atoms with Gasteiger partial charge in [0.1, 0.15) is 5.82 Å². The van der Waals surface area contributed by atoms with Gasteiger partial charge in [0.2, 0.25) is 0 Å². The highest BCUT2D eigenvalue weighted by atomic mass is 19.1. The minimum atomic E-state index is -0.165. The van der Waals surface area contributed by atoms with Gasteiger partial charge in [0, 0.05) is 19.1 Å². The molecule has 1 aliphatic rings. The van der Waals surface area contributed by atoms with Crippen molar-refractivity contribution in [3.8, 4) is 0 Å². The van der Waals surface area contributed by atoms with E-state index in [1.54, 1.807) is 0 Å². The number of rotatable bonds is 3. The second kappa shape index (κ2) is 4.73. The monoisotopic (exact) mass is 208 g/mol. The molecule has 2 N–H and O–H groups in total. The predicted octanol–water partition coefficient (Wildman–Crippen LogP) is 1.92. The van der Waals surface area contributed by atoms with Crippen LogP contribution in [0.3, 0.4) is 0 Å². The third-order valence-electron chi connectivity index (χ3n) is 3.03. The molecule has 2 nitrogen and oxygen atoms in total. The van der Waals surface area contributed by atoms with Crippen molar-refractivity contribution in [3.63, 3.8) is 0 Å². The molecule has 0 spiro atoms. The first-order valence-corrected chi connectivity index (χ1v) is 5.51. The maximum Gasteiger partial charge on any atom is 0.123 e. The van der Waals surface area contributed by atoms with E-state index in [-0.39, 0.29) is 5.82 Å². The Morgan fingerprint density at radius 2 is 2.07 bits per heavy atom. The molecule has 1 heterocycles. The zero-order valence-corrected chi connectivity index (χ0v) is 8.82. The van der Waals surface area contributed by atoms with Crippen molar-refractivity contribution in [2.24, 2.45) is 5.73 Å². The highest BCUT2D eigenvalue weighted by Crippen LogP contribution is 2.31. The van der Waals surface area contributed by atoms with Crippen molar-refractivity contribution < 1.29 is 4.39 Å². The molecule has 82 valence electrons. The SMILES string of the molecule is NCCN1CCCC1c1ccc(F)cc1. The molecule has 0 amide bonds. The quantitative estimate of drug-likeness (QED) is 0.822. The minimum Gasteiger partial charge on any atom is -0.329 e. The number of halogens is 1. The van der Waals surface area contributed by atoms with Crippen LogP contribution >= 0.6 is 0 Å². The fourth-order valence-electron chi connectivity index (χ4n) is 2.32. The largest absolute Gasteiger partial charge is 0.329 e. The Labute approximate surface area is 89.9 Å². The van der Waals surface area contributed by atoms with Crippen LogP contribution in [0, 0.1) is 5.82 Å². The summed E-state index contributed by atoms with van der Waals surface area (Å²) in [4.78, 5) is 2.38. The average molecular weight is 208 g/mol. The summed E-state index contributed by atoms with van der Waals surface area (Å²) in [7, 11) is 0. The van der Waals surface area contributed by atoms with Crippen molar-refractivity contribution in [2.45, 2.75) is 18.9 Å². The van der Waals surface area contributed by atoms with Gasteiger partial charge in [-0.3, -0.25) is 4.90 Å². The topological polar surface area (TPSA) is 29.3 Å². The van der Waals surface area contributed by atoms with Gasteiger partial charge >= 0.3 is 0 Å². The summed E-state index contributed by atoms with van der Waals surface area (Å²) in [6, 6.07) is 7.28. The predicted molar refractivity (Wildman–Crippen MR) is 59.0 cm³/mol. The molecule has 1 unspecified atom stereocenters. The molecule has 1 aliphatic heterocycles. The lowest BCUT2D eigenvalue weighted by molar-refractivity contribution is 0.264. The highest BCUT2D eigenvalue weighted by molar-refractivity contribution is 5.20. The maximum atomic E-state index is 12.8. The molecule has 15 heavy (non-hydrogen) atoms.